The Morgan fingerprint density at radius 3 is 2.88 bits per heavy atom. The average Bonchev–Trinajstić information content (AvgIpc) is 2.14. The maximum Gasteiger partial charge on any atom is 0.281 e. The van der Waals surface area contributed by atoms with Gasteiger partial charge < -0.3 is 4.90 Å². The SMILES string of the molecule is CCN1CCSC1=O. The molecule has 0 atom stereocenters. The molecule has 3 heteroatoms. The van der Waals surface area contributed by atoms with E-state index in [1.54, 1.807) is 0 Å². The first kappa shape index (κ1) is 5.95. The number of carbonyl (C=O) groups excluding carboxylic acids is 1. The molecule has 8 heavy (non-hydrogen) atoms. The summed E-state index contributed by atoms with van der Waals surface area (Å²) in [6.07, 6.45) is 0. The summed E-state index contributed by atoms with van der Waals surface area (Å²) in [5.41, 5.74) is 0. The summed E-state index contributed by atoms with van der Waals surface area (Å²) in [5, 5.41) is 0.243. The van der Waals surface area contributed by atoms with Crippen molar-refractivity contribution in [1.29, 1.82) is 0 Å². The fraction of sp³-hybridized carbons (Fsp3) is 0.800. The zero-order chi connectivity index (χ0) is 5.98. The third-order valence-electron chi connectivity index (χ3n) is 1.23. The molecule has 0 N–H and O–H groups in total. The highest BCUT2D eigenvalue weighted by Gasteiger charge is 2.17. The minimum Gasteiger partial charge on any atom is -0.333 e. The summed E-state index contributed by atoms with van der Waals surface area (Å²) in [6.45, 7) is 3.82. The molecule has 2 nitrogen and oxygen atoms in total. The molecule has 0 saturated carbocycles. The van der Waals surface area contributed by atoms with Crippen LogP contribution >= 0.6 is 11.8 Å². The molecule has 1 fully saturated rings. The predicted molar refractivity (Wildman–Crippen MR) is 35.1 cm³/mol. The van der Waals surface area contributed by atoms with Crippen LogP contribution in [0.3, 0.4) is 0 Å². The number of hydrogen-bond donors (Lipinski definition) is 0. The van der Waals surface area contributed by atoms with Crippen LogP contribution in [0, 0.1) is 0 Å². The third-order valence-corrected chi connectivity index (χ3v) is 2.12. The molecule has 0 spiro atoms. The zero-order valence-corrected chi connectivity index (χ0v) is 5.70. The second-order valence-electron chi connectivity index (χ2n) is 1.69. The monoisotopic (exact) mass is 131 g/mol. The van der Waals surface area contributed by atoms with Crippen molar-refractivity contribution in [3.63, 3.8) is 0 Å². The Hall–Kier alpha value is -0.180. The topological polar surface area (TPSA) is 20.3 Å². The van der Waals surface area contributed by atoms with Crippen molar-refractivity contribution in [2.75, 3.05) is 18.8 Å². The molecule has 1 amide bonds. The highest BCUT2D eigenvalue weighted by atomic mass is 32.2. The summed E-state index contributed by atoms with van der Waals surface area (Å²) >= 11 is 1.42. The summed E-state index contributed by atoms with van der Waals surface area (Å²) in [7, 11) is 0. The van der Waals surface area contributed by atoms with E-state index in [2.05, 4.69) is 0 Å². The van der Waals surface area contributed by atoms with E-state index in [1.807, 2.05) is 11.8 Å². The number of hydrogen-bond acceptors (Lipinski definition) is 2. The molecule has 0 aliphatic carbocycles. The van der Waals surface area contributed by atoms with Crippen LogP contribution in [0.25, 0.3) is 0 Å². The van der Waals surface area contributed by atoms with Crippen molar-refractivity contribution in [3.05, 3.63) is 0 Å². The zero-order valence-electron chi connectivity index (χ0n) is 4.89. The maximum atomic E-state index is 10.7. The van der Waals surface area contributed by atoms with E-state index in [1.165, 1.54) is 11.8 Å². The second-order valence-corrected chi connectivity index (χ2v) is 2.74. The summed E-state index contributed by atoms with van der Waals surface area (Å²) in [4.78, 5) is 12.5. The maximum absolute atomic E-state index is 10.7. The van der Waals surface area contributed by atoms with Crippen LogP contribution in [0.5, 0.6) is 0 Å². The van der Waals surface area contributed by atoms with Crippen LogP contribution in [0.1, 0.15) is 6.92 Å². The van der Waals surface area contributed by atoms with Gasteiger partial charge in [0.05, 0.1) is 0 Å². The molecule has 0 aromatic rings. The van der Waals surface area contributed by atoms with Crippen LogP contribution in [-0.2, 0) is 0 Å². The van der Waals surface area contributed by atoms with Crippen LogP contribution < -0.4 is 0 Å². The number of thioether (sulfide) groups is 1. The predicted octanol–water partition coefficient (Wildman–Crippen LogP) is 1.18. The Bertz CT molecular complexity index is 105. The Kier molecular flexibility index (Phi) is 1.78. The number of nitrogens with zero attached hydrogens (tertiary/aromatic N) is 1. The first-order valence-corrected chi connectivity index (χ1v) is 3.75. The van der Waals surface area contributed by atoms with Gasteiger partial charge in [-0.15, -0.1) is 0 Å². The lowest BCUT2D eigenvalue weighted by Crippen LogP contribution is -2.21. The fourth-order valence-corrected chi connectivity index (χ4v) is 1.60. The molecule has 0 aromatic carbocycles. The normalized spacial score (nSPS) is 20.1. The van der Waals surface area contributed by atoms with Crippen molar-refractivity contribution >= 4 is 17.0 Å². The highest BCUT2D eigenvalue weighted by molar-refractivity contribution is 8.13. The molecule has 1 heterocycles. The Labute approximate surface area is 53.2 Å². The first-order valence-electron chi connectivity index (χ1n) is 2.76. The molecule has 1 aliphatic rings. The fourth-order valence-electron chi connectivity index (χ4n) is 0.713. The van der Waals surface area contributed by atoms with Crippen LogP contribution in [0.4, 0.5) is 4.79 Å². The minimum absolute atomic E-state index is 0.243. The molecule has 0 bridgehead atoms. The molecular formula is C5H9NOS. The van der Waals surface area contributed by atoms with Crippen molar-refractivity contribution in [3.8, 4) is 0 Å². The molecular weight excluding hydrogens is 122 g/mol. The van der Waals surface area contributed by atoms with Crippen LogP contribution in [-0.4, -0.2) is 29.0 Å². The van der Waals surface area contributed by atoms with Gasteiger partial charge in [-0.05, 0) is 6.92 Å². The standard InChI is InChI=1S/C5H9NOS/c1-2-6-3-4-8-5(6)7/h2-4H2,1H3. The Morgan fingerprint density at radius 2 is 2.62 bits per heavy atom. The molecule has 1 aliphatic heterocycles. The second kappa shape index (κ2) is 2.40. The van der Waals surface area contributed by atoms with Gasteiger partial charge in [-0.2, -0.15) is 0 Å². The Balaban J connectivity index is 2.42. The number of amides is 1. The van der Waals surface area contributed by atoms with Crippen LogP contribution in [0.15, 0.2) is 0 Å². The van der Waals surface area contributed by atoms with Crippen molar-refractivity contribution in [2.45, 2.75) is 6.92 Å². The van der Waals surface area contributed by atoms with Crippen molar-refractivity contribution in [1.82, 2.24) is 4.90 Å². The van der Waals surface area contributed by atoms with Gasteiger partial charge in [0.25, 0.3) is 5.24 Å². The number of rotatable bonds is 1. The lowest BCUT2D eigenvalue weighted by Gasteiger charge is -2.08. The molecule has 0 unspecified atom stereocenters. The average molecular weight is 131 g/mol. The number of carbonyl (C=O) groups is 1. The molecule has 1 saturated heterocycles. The van der Waals surface area contributed by atoms with Gasteiger partial charge in [0, 0.05) is 18.8 Å². The van der Waals surface area contributed by atoms with Gasteiger partial charge in [-0.3, -0.25) is 4.79 Å². The molecule has 46 valence electrons. The van der Waals surface area contributed by atoms with Crippen molar-refractivity contribution < 1.29 is 4.79 Å². The lowest BCUT2D eigenvalue weighted by molar-refractivity contribution is 0.232. The minimum atomic E-state index is 0.243. The van der Waals surface area contributed by atoms with E-state index >= 15 is 0 Å². The summed E-state index contributed by atoms with van der Waals surface area (Å²) in [5.74, 6) is 0.979. The molecule has 0 aromatic heterocycles. The summed E-state index contributed by atoms with van der Waals surface area (Å²) < 4.78 is 0. The largest absolute Gasteiger partial charge is 0.333 e. The third kappa shape index (κ3) is 0.968. The molecule has 0 radical (unpaired) electrons. The van der Waals surface area contributed by atoms with E-state index in [-0.39, 0.29) is 5.24 Å². The van der Waals surface area contributed by atoms with Crippen LogP contribution in [0.2, 0.25) is 0 Å². The van der Waals surface area contributed by atoms with Gasteiger partial charge in [-0.1, -0.05) is 11.8 Å². The van der Waals surface area contributed by atoms with Gasteiger partial charge in [0.1, 0.15) is 0 Å². The van der Waals surface area contributed by atoms with Gasteiger partial charge in [-0.25, -0.2) is 0 Å². The van der Waals surface area contributed by atoms with E-state index in [0.717, 1.165) is 18.8 Å². The van der Waals surface area contributed by atoms with E-state index in [9.17, 15) is 4.79 Å². The highest BCUT2D eigenvalue weighted by Crippen LogP contribution is 2.15. The first-order chi connectivity index (χ1) is 3.84. The summed E-state index contributed by atoms with van der Waals surface area (Å²) in [6, 6.07) is 0. The molecule has 1 rings (SSSR count). The quantitative estimate of drug-likeness (QED) is 0.532. The van der Waals surface area contributed by atoms with E-state index in [0.29, 0.717) is 0 Å². The van der Waals surface area contributed by atoms with Gasteiger partial charge in [0.15, 0.2) is 0 Å². The van der Waals surface area contributed by atoms with Gasteiger partial charge >= 0.3 is 0 Å². The van der Waals surface area contributed by atoms with Gasteiger partial charge in [0.2, 0.25) is 0 Å². The lowest BCUT2D eigenvalue weighted by atomic mass is 10.6. The van der Waals surface area contributed by atoms with E-state index in [4.69, 9.17) is 0 Å². The van der Waals surface area contributed by atoms with E-state index < -0.39 is 0 Å². The van der Waals surface area contributed by atoms with Crippen molar-refractivity contribution in [2.24, 2.45) is 0 Å². The smallest absolute Gasteiger partial charge is 0.281 e. The Morgan fingerprint density at radius 1 is 1.88 bits per heavy atom.